The quantitative estimate of drug-likeness (QED) is 0.496. The molecule has 1 aliphatic heterocycles. The lowest BCUT2D eigenvalue weighted by atomic mass is 10.1. The largest absolute Gasteiger partial charge is 0.396 e. The molecular weight excluding hydrogens is 248 g/mol. The number of carbonyl (C=O) groups excluding carboxylic acids is 1. The minimum absolute atomic E-state index is 0.0331. The summed E-state index contributed by atoms with van der Waals surface area (Å²) < 4.78 is 0. The first kappa shape index (κ1) is 13.5. The summed E-state index contributed by atoms with van der Waals surface area (Å²) in [6.45, 7) is 1.60. The fourth-order valence-electron chi connectivity index (χ4n) is 2.50. The van der Waals surface area contributed by atoms with Crippen molar-refractivity contribution in [1.29, 1.82) is 0 Å². The second-order valence-corrected chi connectivity index (χ2v) is 4.74. The van der Waals surface area contributed by atoms with E-state index >= 15 is 0 Å². The van der Waals surface area contributed by atoms with Crippen molar-refractivity contribution in [3.8, 4) is 0 Å². The number of aliphatic hydroxyl groups is 1. The molecule has 0 spiro atoms. The maximum Gasteiger partial charge on any atom is 0.293 e. The Morgan fingerprint density at radius 1 is 1.53 bits per heavy atom. The lowest BCUT2D eigenvalue weighted by Gasteiger charge is -2.18. The SMILES string of the molecule is O=Cc1ccc(N2CCC(CCO)C2)c([N+](=O)[O-])c1. The Morgan fingerprint density at radius 3 is 2.95 bits per heavy atom. The molecule has 0 radical (unpaired) electrons. The average molecular weight is 264 g/mol. The molecule has 6 heteroatoms. The van der Waals surface area contributed by atoms with Gasteiger partial charge in [-0.05, 0) is 30.9 Å². The van der Waals surface area contributed by atoms with Gasteiger partial charge in [-0.3, -0.25) is 14.9 Å². The number of rotatable bonds is 5. The summed E-state index contributed by atoms with van der Waals surface area (Å²) in [6.07, 6.45) is 2.25. The van der Waals surface area contributed by atoms with Crippen molar-refractivity contribution in [2.24, 2.45) is 5.92 Å². The van der Waals surface area contributed by atoms with Gasteiger partial charge in [0.1, 0.15) is 12.0 Å². The van der Waals surface area contributed by atoms with Crippen LogP contribution in [0.3, 0.4) is 0 Å². The first-order valence-electron chi connectivity index (χ1n) is 6.25. The van der Waals surface area contributed by atoms with Gasteiger partial charge < -0.3 is 10.0 Å². The lowest BCUT2D eigenvalue weighted by molar-refractivity contribution is -0.384. The van der Waals surface area contributed by atoms with Crippen molar-refractivity contribution < 1.29 is 14.8 Å². The van der Waals surface area contributed by atoms with Gasteiger partial charge in [0.2, 0.25) is 0 Å². The first-order valence-corrected chi connectivity index (χ1v) is 6.25. The Labute approximate surface area is 110 Å². The summed E-state index contributed by atoms with van der Waals surface area (Å²) >= 11 is 0. The highest BCUT2D eigenvalue weighted by Gasteiger charge is 2.27. The zero-order valence-corrected chi connectivity index (χ0v) is 10.5. The van der Waals surface area contributed by atoms with Crippen molar-refractivity contribution in [1.82, 2.24) is 0 Å². The van der Waals surface area contributed by atoms with Crippen LogP contribution in [0.25, 0.3) is 0 Å². The summed E-state index contributed by atoms with van der Waals surface area (Å²) in [5.74, 6) is 0.371. The lowest BCUT2D eigenvalue weighted by Crippen LogP contribution is -2.21. The Hall–Kier alpha value is -1.95. The fraction of sp³-hybridized carbons (Fsp3) is 0.462. The Balaban J connectivity index is 2.25. The predicted octanol–water partition coefficient (Wildman–Crippen LogP) is 1.62. The number of carbonyl (C=O) groups is 1. The molecule has 1 N–H and O–H groups in total. The van der Waals surface area contributed by atoms with Crippen molar-refractivity contribution in [3.63, 3.8) is 0 Å². The third-order valence-electron chi connectivity index (χ3n) is 3.50. The van der Waals surface area contributed by atoms with E-state index in [0.717, 1.165) is 19.4 Å². The van der Waals surface area contributed by atoms with E-state index in [2.05, 4.69) is 0 Å². The van der Waals surface area contributed by atoms with Gasteiger partial charge in [0.05, 0.1) is 4.92 Å². The zero-order chi connectivity index (χ0) is 13.8. The molecule has 1 saturated heterocycles. The molecule has 0 bridgehead atoms. The van der Waals surface area contributed by atoms with Crippen LogP contribution in [0.2, 0.25) is 0 Å². The molecular formula is C13H16N2O4. The van der Waals surface area contributed by atoms with Gasteiger partial charge in [0.25, 0.3) is 5.69 Å². The number of anilines is 1. The van der Waals surface area contributed by atoms with Gasteiger partial charge >= 0.3 is 0 Å². The maximum absolute atomic E-state index is 11.1. The van der Waals surface area contributed by atoms with Gasteiger partial charge in [-0.2, -0.15) is 0 Å². The molecule has 0 aromatic heterocycles. The second kappa shape index (κ2) is 5.79. The molecule has 0 amide bonds. The van der Waals surface area contributed by atoms with Crippen LogP contribution in [0.4, 0.5) is 11.4 Å². The maximum atomic E-state index is 11.1. The zero-order valence-electron chi connectivity index (χ0n) is 10.5. The summed E-state index contributed by atoms with van der Waals surface area (Å²) in [5.41, 5.74) is 0.826. The van der Waals surface area contributed by atoms with Crippen molar-refractivity contribution in [2.75, 3.05) is 24.6 Å². The highest BCUT2D eigenvalue weighted by atomic mass is 16.6. The number of nitro benzene ring substituents is 1. The molecule has 6 nitrogen and oxygen atoms in total. The van der Waals surface area contributed by atoms with Gasteiger partial charge in [0.15, 0.2) is 0 Å². The molecule has 1 atom stereocenters. The molecule has 1 unspecified atom stereocenters. The number of benzene rings is 1. The number of hydrogen-bond donors (Lipinski definition) is 1. The van der Waals surface area contributed by atoms with Gasteiger partial charge in [-0.1, -0.05) is 0 Å². The number of aldehydes is 1. The summed E-state index contributed by atoms with van der Waals surface area (Å²) in [5, 5.41) is 20.0. The van der Waals surface area contributed by atoms with E-state index in [1.165, 1.54) is 6.07 Å². The topological polar surface area (TPSA) is 83.7 Å². The number of nitrogens with zero attached hydrogens (tertiary/aromatic N) is 2. The third kappa shape index (κ3) is 2.90. The number of nitro groups is 1. The molecule has 2 rings (SSSR count). The summed E-state index contributed by atoms with van der Waals surface area (Å²) in [4.78, 5) is 23.3. The van der Waals surface area contributed by atoms with E-state index in [0.29, 0.717) is 30.0 Å². The molecule has 1 fully saturated rings. The van der Waals surface area contributed by atoms with Crippen LogP contribution in [-0.2, 0) is 0 Å². The summed E-state index contributed by atoms with van der Waals surface area (Å²) in [7, 11) is 0. The average Bonchev–Trinajstić information content (AvgIpc) is 2.87. The van der Waals surface area contributed by atoms with Crippen LogP contribution in [0.1, 0.15) is 23.2 Å². The van der Waals surface area contributed by atoms with Crippen molar-refractivity contribution in [3.05, 3.63) is 33.9 Å². The van der Waals surface area contributed by atoms with Crippen LogP contribution in [0.5, 0.6) is 0 Å². The van der Waals surface area contributed by atoms with Crippen LogP contribution < -0.4 is 4.90 Å². The second-order valence-electron chi connectivity index (χ2n) is 4.74. The van der Waals surface area contributed by atoms with Crippen LogP contribution in [-0.4, -0.2) is 36.0 Å². The van der Waals surface area contributed by atoms with Gasteiger partial charge in [0, 0.05) is 31.3 Å². The van der Waals surface area contributed by atoms with Crippen LogP contribution >= 0.6 is 0 Å². The van der Waals surface area contributed by atoms with E-state index < -0.39 is 4.92 Å². The van der Waals surface area contributed by atoms with E-state index in [-0.39, 0.29) is 12.3 Å². The van der Waals surface area contributed by atoms with E-state index in [4.69, 9.17) is 5.11 Å². The monoisotopic (exact) mass is 264 g/mol. The number of aliphatic hydroxyl groups excluding tert-OH is 1. The standard InChI is InChI=1S/C13H16N2O4/c16-6-4-10-3-5-14(8-10)12-2-1-11(9-17)7-13(12)15(18)19/h1-2,7,9-10,16H,3-6,8H2. The van der Waals surface area contributed by atoms with E-state index in [1.54, 1.807) is 12.1 Å². The molecule has 1 heterocycles. The molecule has 0 aliphatic carbocycles. The molecule has 102 valence electrons. The van der Waals surface area contributed by atoms with Crippen molar-refractivity contribution in [2.45, 2.75) is 12.8 Å². The predicted molar refractivity (Wildman–Crippen MR) is 70.5 cm³/mol. The van der Waals surface area contributed by atoms with Crippen LogP contribution in [0, 0.1) is 16.0 Å². The Morgan fingerprint density at radius 2 is 2.32 bits per heavy atom. The first-order chi connectivity index (χ1) is 9.15. The normalized spacial score (nSPS) is 18.6. The Kier molecular flexibility index (Phi) is 4.11. The van der Waals surface area contributed by atoms with Crippen molar-refractivity contribution >= 4 is 17.7 Å². The molecule has 1 aromatic carbocycles. The third-order valence-corrected chi connectivity index (χ3v) is 3.50. The van der Waals surface area contributed by atoms with E-state index in [9.17, 15) is 14.9 Å². The Bertz CT molecular complexity index is 490. The molecule has 1 aromatic rings. The minimum atomic E-state index is -0.457. The fourth-order valence-corrected chi connectivity index (χ4v) is 2.50. The van der Waals surface area contributed by atoms with Crippen LogP contribution in [0.15, 0.2) is 18.2 Å². The van der Waals surface area contributed by atoms with Gasteiger partial charge in [-0.25, -0.2) is 0 Å². The summed E-state index contributed by atoms with van der Waals surface area (Å²) in [6, 6.07) is 4.53. The molecule has 1 aliphatic rings. The highest BCUT2D eigenvalue weighted by molar-refractivity contribution is 5.79. The molecule has 19 heavy (non-hydrogen) atoms. The highest BCUT2D eigenvalue weighted by Crippen LogP contribution is 2.33. The van der Waals surface area contributed by atoms with E-state index in [1.807, 2.05) is 4.90 Å². The smallest absolute Gasteiger partial charge is 0.293 e. The molecule has 0 saturated carbocycles. The van der Waals surface area contributed by atoms with Gasteiger partial charge in [-0.15, -0.1) is 0 Å². The number of hydrogen-bond acceptors (Lipinski definition) is 5. The minimum Gasteiger partial charge on any atom is -0.396 e.